The molecule has 0 radical (unpaired) electrons. The van der Waals surface area contributed by atoms with E-state index in [1.54, 1.807) is 0 Å². The van der Waals surface area contributed by atoms with Crippen LogP contribution in [0.5, 0.6) is 0 Å². The Balaban J connectivity index is 1.91. The average molecular weight is 252 g/mol. The van der Waals surface area contributed by atoms with Crippen LogP contribution in [0.1, 0.15) is 58.8 Å². The molecule has 2 rings (SSSR count). The third-order valence-corrected chi connectivity index (χ3v) is 3.97. The van der Waals surface area contributed by atoms with Crippen LogP contribution in [0.4, 0.5) is 0 Å². The van der Waals surface area contributed by atoms with Crippen molar-refractivity contribution >= 4 is 5.71 Å². The van der Waals surface area contributed by atoms with Gasteiger partial charge in [-0.3, -0.25) is 4.90 Å². The normalized spacial score (nSPS) is 28.8. The van der Waals surface area contributed by atoms with E-state index in [9.17, 15) is 0 Å². The first-order chi connectivity index (χ1) is 8.77. The molecule has 0 spiro atoms. The van der Waals surface area contributed by atoms with Crippen LogP contribution in [-0.2, 0) is 4.84 Å². The molecule has 0 aromatic carbocycles. The maximum Gasteiger partial charge on any atom is 0.119 e. The molecule has 2 aliphatic rings. The Morgan fingerprint density at radius 3 is 2.67 bits per heavy atom. The third-order valence-electron chi connectivity index (χ3n) is 3.97. The highest BCUT2D eigenvalue weighted by atomic mass is 16.6. The predicted molar refractivity (Wildman–Crippen MR) is 75.9 cm³/mol. The molecule has 1 heterocycles. The minimum atomic E-state index is 0.561. The monoisotopic (exact) mass is 252 g/mol. The van der Waals surface area contributed by atoms with Crippen LogP contribution in [0.2, 0.25) is 0 Å². The largest absolute Gasteiger partial charge is 0.396 e. The molecule has 0 N–H and O–H groups in total. The fourth-order valence-corrected chi connectivity index (χ4v) is 2.98. The summed E-state index contributed by atoms with van der Waals surface area (Å²) >= 11 is 0. The quantitative estimate of drug-likeness (QED) is 0.716. The van der Waals surface area contributed by atoms with E-state index in [1.165, 1.54) is 57.3 Å². The summed E-state index contributed by atoms with van der Waals surface area (Å²) in [4.78, 5) is 8.16. The van der Waals surface area contributed by atoms with Crippen molar-refractivity contribution in [3.63, 3.8) is 0 Å². The summed E-state index contributed by atoms with van der Waals surface area (Å²) in [5.41, 5.74) is 1.31. The van der Waals surface area contributed by atoms with Crippen molar-refractivity contribution in [2.75, 3.05) is 19.7 Å². The molecule has 1 saturated heterocycles. The molecule has 2 fully saturated rings. The average Bonchev–Trinajstić information content (AvgIpc) is 2.40. The lowest BCUT2D eigenvalue weighted by Crippen LogP contribution is -2.45. The summed E-state index contributed by atoms with van der Waals surface area (Å²) < 4.78 is 0. The molecule has 0 aromatic heterocycles. The molecule has 104 valence electrons. The van der Waals surface area contributed by atoms with E-state index in [0.29, 0.717) is 12.0 Å². The maximum absolute atomic E-state index is 5.52. The predicted octanol–water partition coefficient (Wildman–Crippen LogP) is 3.44. The van der Waals surface area contributed by atoms with Gasteiger partial charge in [0.1, 0.15) is 6.61 Å². The highest BCUT2D eigenvalue weighted by Gasteiger charge is 2.28. The zero-order chi connectivity index (χ0) is 12.8. The van der Waals surface area contributed by atoms with Gasteiger partial charge in [0.25, 0.3) is 0 Å². The highest BCUT2D eigenvalue weighted by Crippen LogP contribution is 2.24. The number of oxime groups is 1. The Morgan fingerprint density at radius 2 is 1.94 bits per heavy atom. The van der Waals surface area contributed by atoms with E-state index < -0.39 is 0 Å². The Morgan fingerprint density at radius 1 is 1.17 bits per heavy atom. The van der Waals surface area contributed by atoms with Gasteiger partial charge in [0.05, 0.1) is 11.8 Å². The lowest BCUT2D eigenvalue weighted by Gasteiger charge is -2.37. The zero-order valence-corrected chi connectivity index (χ0v) is 12.0. The first-order valence-corrected chi connectivity index (χ1v) is 7.70. The maximum atomic E-state index is 5.52. The molecule has 1 aliphatic heterocycles. The van der Waals surface area contributed by atoms with Crippen molar-refractivity contribution in [2.24, 2.45) is 11.1 Å². The fourth-order valence-electron chi connectivity index (χ4n) is 2.98. The van der Waals surface area contributed by atoms with E-state index in [4.69, 9.17) is 4.84 Å². The van der Waals surface area contributed by atoms with Gasteiger partial charge in [-0.05, 0) is 51.1 Å². The van der Waals surface area contributed by atoms with Crippen LogP contribution >= 0.6 is 0 Å². The molecule has 3 heteroatoms. The summed E-state index contributed by atoms with van der Waals surface area (Å²) in [6, 6.07) is 0.575. The van der Waals surface area contributed by atoms with Gasteiger partial charge in [0, 0.05) is 0 Å². The summed E-state index contributed by atoms with van der Waals surface area (Å²) in [5.74, 6) is 0.561. The van der Waals surface area contributed by atoms with Crippen LogP contribution in [0.3, 0.4) is 0 Å². The van der Waals surface area contributed by atoms with Crippen molar-refractivity contribution < 1.29 is 4.84 Å². The van der Waals surface area contributed by atoms with Crippen LogP contribution in [-0.4, -0.2) is 36.3 Å². The lowest BCUT2D eigenvalue weighted by atomic mass is 9.91. The molecule has 3 nitrogen and oxygen atoms in total. The molecule has 1 aliphatic carbocycles. The van der Waals surface area contributed by atoms with Crippen LogP contribution in [0.25, 0.3) is 0 Å². The smallest absolute Gasteiger partial charge is 0.119 e. The number of likely N-dealkylation sites (tertiary alicyclic amines) is 1. The van der Waals surface area contributed by atoms with E-state index in [1.807, 2.05) is 0 Å². The molecule has 1 saturated carbocycles. The molecule has 1 unspecified atom stereocenters. The topological polar surface area (TPSA) is 24.8 Å². The second kappa shape index (κ2) is 7.13. The molecule has 0 aromatic rings. The SMILES string of the molecule is CC(C)CON=C1CCCCC1N1CCCCC1. The van der Waals surface area contributed by atoms with Gasteiger partial charge in [-0.25, -0.2) is 0 Å². The number of hydrogen-bond donors (Lipinski definition) is 0. The van der Waals surface area contributed by atoms with Gasteiger partial charge < -0.3 is 4.84 Å². The number of nitrogens with zero attached hydrogens (tertiary/aromatic N) is 2. The van der Waals surface area contributed by atoms with Crippen molar-refractivity contribution in [1.82, 2.24) is 4.90 Å². The van der Waals surface area contributed by atoms with Gasteiger partial charge in [-0.2, -0.15) is 0 Å². The first-order valence-electron chi connectivity index (χ1n) is 7.70. The minimum absolute atomic E-state index is 0.561. The second-order valence-corrected chi connectivity index (χ2v) is 6.13. The first kappa shape index (κ1) is 13.9. The van der Waals surface area contributed by atoms with Gasteiger partial charge >= 0.3 is 0 Å². The summed E-state index contributed by atoms with van der Waals surface area (Å²) in [7, 11) is 0. The zero-order valence-electron chi connectivity index (χ0n) is 12.0. The Labute approximate surface area is 112 Å². The van der Waals surface area contributed by atoms with Crippen molar-refractivity contribution in [3.05, 3.63) is 0 Å². The lowest BCUT2D eigenvalue weighted by molar-refractivity contribution is 0.111. The summed E-state index contributed by atoms with van der Waals surface area (Å²) in [6.45, 7) is 7.60. The highest BCUT2D eigenvalue weighted by molar-refractivity contribution is 5.89. The van der Waals surface area contributed by atoms with E-state index in [2.05, 4.69) is 23.9 Å². The summed E-state index contributed by atoms with van der Waals surface area (Å²) in [5, 5.41) is 4.45. The Hall–Kier alpha value is -0.570. The second-order valence-electron chi connectivity index (χ2n) is 6.13. The summed E-state index contributed by atoms with van der Waals surface area (Å²) in [6.07, 6.45) is 9.18. The Bertz CT molecular complexity index is 270. The minimum Gasteiger partial charge on any atom is -0.396 e. The van der Waals surface area contributed by atoms with E-state index in [0.717, 1.165) is 13.0 Å². The van der Waals surface area contributed by atoms with Crippen molar-refractivity contribution in [2.45, 2.75) is 64.8 Å². The standard InChI is InChI=1S/C15H28N2O/c1-13(2)12-18-16-14-8-4-5-9-15(14)17-10-6-3-7-11-17/h13,15H,3-12H2,1-2H3. The third kappa shape index (κ3) is 3.98. The molecule has 18 heavy (non-hydrogen) atoms. The van der Waals surface area contributed by atoms with Crippen LogP contribution < -0.4 is 0 Å². The molecular formula is C15H28N2O. The number of rotatable bonds is 4. The molecule has 1 atom stereocenters. The van der Waals surface area contributed by atoms with E-state index in [-0.39, 0.29) is 0 Å². The van der Waals surface area contributed by atoms with Crippen molar-refractivity contribution in [1.29, 1.82) is 0 Å². The molecular weight excluding hydrogens is 224 g/mol. The molecule has 0 amide bonds. The fraction of sp³-hybridized carbons (Fsp3) is 0.933. The van der Waals surface area contributed by atoms with E-state index >= 15 is 0 Å². The van der Waals surface area contributed by atoms with Crippen molar-refractivity contribution in [3.8, 4) is 0 Å². The number of hydrogen-bond acceptors (Lipinski definition) is 3. The van der Waals surface area contributed by atoms with Crippen LogP contribution in [0.15, 0.2) is 5.16 Å². The van der Waals surface area contributed by atoms with Gasteiger partial charge in [-0.15, -0.1) is 0 Å². The molecule has 0 bridgehead atoms. The van der Waals surface area contributed by atoms with Gasteiger partial charge in [0.15, 0.2) is 0 Å². The van der Waals surface area contributed by atoms with Gasteiger partial charge in [0.2, 0.25) is 0 Å². The Kier molecular flexibility index (Phi) is 5.48. The number of piperidine rings is 1. The van der Waals surface area contributed by atoms with Crippen LogP contribution in [0, 0.1) is 5.92 Å². The van der Waals surface area contributed by atoms with Gasteiger partial charge in [-0.1, -0.05) is 31.8 Å².